The molecule has 0 bridgehead atoms. The highest BCUT2D eigenvalue weighted by Gasteiger charge is 2.24. The summed E-state index contributed by atoms with van der Waals surface area (Å²) in [5.74, 6) is -0.635. The number of aromatic hydroxyl groups is 1. The van der Waals surface area contributed by atoms with Crippen molar-refractivity contribution >= 4 is 11.0 Å². The molecular weight excluding hydrogens is 743 g/mol. The Kier molecular flexibility index (Phi) is 7.41. The Hall–Kier alpha value is -6.26. The van der Waals surface area contributed by atoms with E-state index in [-0.39, 0.29) is 28.2 Å². The first kappa shape index (κ1) is 28.3. The maximum atomic E-state index is 11.4. The van der Waals surface area contributed by atoms with E-state index in [1.165, 1.54) is 24.3 Å². The Morgan fingerprint density at radius 1 is 0.623 bits per heavy atom. The van der Waals surface area contributed by atoms with Crippen LogP contribution in [0.3, 0.4) is 0 Å². The van der Waals surface area contributed by atoms with Gasteiger partial charge in [0.25, 0.3) is 0 Å². The van der Waals surface area contributed by atoms with Crippen LogP contribution in [-0.2, 0) is 10.8 Å². The zero-order valence-electron chi connectivity index (χ0n) is 48.6. The van der Waals surface area contributed by atoms with E-state index in [1.807, 2.05) is 68.4 Å². The van der Waals surface area contributed by atoms with Gasteiger partial charge in [-0.2, -0.15) is 0 Å². The van der Waals surface area contributed by atoms with Crippen LogP contribution in [0.1, 0.15) is 126 Å². The average molecular weight is 815 g/mol. The van der Waals surface area contributed by atoms with Gasteiger partial charge in [0.2, 0.25) is 0 Å². The van der Waals surface area contributed by atoms with Gasteiger partial charge in [0.1, 0.15) is 11.6 Å². The second kappa shape index (κ2) is 16.0. The molecule has 0 unspecified atom stereocenters. The molecule has 0 aliphatic rings. The Morgan fingerprint density at radius 3 is 2.03 bits per heavy atom. The third kappa shape index (κ3) is 8.04. The number of pyridine rings is 1. The molecule has 2 aromatic heterocycles. The molecule has 308 valence electrons. The van der Waals surface area contributed by atoms with Crippen molar-refractivity contribution < 1.29 is 22.9 Å². The number of phenols is 1. The Labute approximate surface area is 381 Å². The van der Waals surface area contributed by atoms with Gasteiger partial charge in [0.15, 0.2) is 0 Å². The van der Waals surface area contributed by atoms with Crippen molar-refractivity contribution in [3.63, 3.8) is 0 Å². The van der Waals surface area contributed by atoms with Gasteiger partial charge < -0.3 is 5.11 Å². The molecule has 4 nitrogen and oxygen atoms in total. The highest BCUT2D eigenvalue weighted by atomic mass is 16.3. The smallest absolute Gasteiger partial charge is 0.149 e. The van der Waals surface area contributed by atoms with Crippen molar-refractivity contribution in [3.05, 3.63) is 167 Å². The summed E-state index contributed by atoms with van der Waals surface area (Å²) in [6.07, 6.45) is 1.63. The second-order valence-corrected chi connectivity index (χ2v) is 17.4. The molecule has 0 atom stereocenters. The Balaban J connectivity index is 1.32. The van der Waals surface area contributed by atoms with Crippen molar-refractivity contribution in [2.45, 2.75) is 98.5 Å². The number of hydrogen-bond acceptors (Lipinski definition) is 3. The van der Waals surface area contributed by atoms with Gasteiger partial charge in [-0.1, -0.05) is 148 Å². The van der Waals surface area contributed by atoms with Crippen molar-refractivity contribution in [1.29, 1.82) is 0 Å². The quantitative estimate of drug-likeness (QED) is 0.166. The predicted octanol–water partition coefficient (Wildman–Crippen LogP) is 15.6. The predicted molar refractivity (Wildman–Crippen MR) is 258 cm³/mol. The summed E-state index contributed by atoms with van der Waals surface area (Å²) < 4.78 is 111. The summed E-state index contributed by atoms with van der Waals surface area (Å²) in [4.78, 5) is 10.1. The van der Waals surface area contributed by atoms with E-state index in [0.29, 0.717) is 50.5 Å². The first-order chi connectivity index (χ1) is 34.3. The molecule has 0 aliphatic heterocycles. The number of aromatic nitrogens is 3. The van der Waals surface area contributed by atoms with Crippen LogP contribution in [0, 0.1) is 6.85 Å². The van der Waals surface area contributed by atoms with E-state index < -0.39 is 38.7 Å². The van der Waals surface area contributed by atoms with Gasteiger partial charge in [0.05, 0.1) is 28.0 Å². The third-order valence-corrected chi connectivity index (χ3v) is 11.4. The van der Waals surface area contributed by atoms with Crippen LogP contribution < -0.4 is 0 Å². The molecule has 0 radical (unpaired) electrons. The standard InChI is InChI=1S/C57H59N3O/c1-35(2)45-17-14-18-46(36(3)4)53(45)40-24-27-50(37(5)30-40)60-51-20-15-19-47(54(51)59-55(60)48-16-12-13-21-52(48)61)41-31-42(33-44(32-41)57(9,10)11)49-34-39(28-29-58-49)38-22-25-43(26-23-38)56(6,7)8/h12-36,61H,1-11H3/i5D3,6D3,7D3,8D3,35D. The van der Waals surface area contributed by atoms with Crippen LogP contribution in [0.15, 0.2) is 140 Å². The topological polar surface area (TPSA) is 50.9 Å². The lowest BCUT2D eigenvalue weighted by molar-refractivity contribution is 0.477. The molecule has 0 spiro atoms. The van der Waals surface area contributed by atoms with Gasteiger partial charge in [-0.15, -0.1) is 0 Å². The van der Waals surface area contributed by atoms with Gasteiger partial charge in [-0.25, -0.2) is 4.98 Å². The van der Waals surface area contributed by atoms with E-state index in [1.54, 1.807) is 53.2 Å². The number of hydrogen-bond donors (Lipinski definition) is 1. The third-order valence-electron chi connectivity index (χ3n) is 11.4. The first-order valence-corrected chi connectivity index (χ1v) is 20.6. The number of fused-ring (bicyclic) bond motifs is 1. The van der Waals surface area contributed by atoms with E-state index in [0.717, 1.165) is 38.9 Å². The lowest BCUT2D eigenvalue weighted by atomic mass is 9.83. The summed E-state index contributed by atoms with van der Waals surface area (Å²) >= 11 is 0. The number of benzene rings is 6. The second-order valence-electron chi connectivity index (χ2n) is 17.4. The number of imidazole rings is 1. The number of nitrogens with zero attached hydrogens (tertiary/aromatic N) is 3. The summed E-state index contributed by atoms with van der Waals surface area (Å²) in [6.45, 7) is 1.30. The monoisotopic (exact) mass is 815 g/mol. The van der Waals surface area contributed by atoms with Crippen LogP contribution in [0.2, 0.25) is 0 Å². The average Bonchev–Trinajstić information content (AvgIpc) is 3.69. The zero-order valence-corrected chi connectivity index (χ0v) is 35.6. The fourth-order valence-electron chi connectivity index (χ4n) is 8.14. The highest BCUT2D eigenvalue weighted by molar-refractivity contribution is 5.97. The number of aryl methyl sites for hydroxylation is 1. The SMILES string of the molecule is [2H]C([2H])([2H])c1cc(-c2c(C(C)C)cccc2C([2H])(C)C)ccc1-n1c(-c2ccccc2O)nc2c(-c3cc(-c4cc(-c5ccc(C(C([2H])([2H])[2H])(C([2H])([2H])[2H])C([2H])([2H])[2H])cc5)ccn4)cc(C(C)(C)C)c3)cccc21. The molecule has 8 aromatic rings. The molecule has 8 rings (SSSR count). The summed E-state index contributed by atoms with van der Waals surface area (Å²) in [7, 11) is 0. The van der Waals surface area contributed by atoms with Gasteiger partial charge >= 0.3 is 0 Å². The number of para-hydroxylation sites is 2. The lowest BCUT2D eigenvalue weighted by Crippen LogP contribution is -2.11. The van der Waals surface area contributed by atoms with Crippen molar-refractivity contribution in [2.24, 2.45) is 0 Å². The molecule has 1 N–H and O–H groups in total. The molecule has 61 heavy (non-hydrogen) atoms. The highest BCUT2D eigenvalue weighted by Crippen LogP contribution is 2.42. The molecule has 0 fully saturated rings. The van der Waals surface area contributed by atoms with E-state index in [9.17, 15) is 5.11 Å². The minimum atomic E-state index is -3.39. The normalized spacial score (nSPS) is 16.4. The Bertz CT molecular complexity index is 3370. The van der Waals surface area contributed by atoms with Crippen LogP contribution in [0.25, 0.3) is 72.7 Å². The van der Waals surface area contributed by atoms with Crippen LogP contribution >= 0.6 is 0 Å². The van der Waals surface area contributed by atoms with Crippen LogP contribution in [0.5, 0.6) is 5.75 Å². The molecule has 0 amide bonds. The fourth-order valence-corrected chi connectivity index (χ4v) is 8.14. The zero-order chi connectivity index (χ0) is 54.3. The lowest BCUT2D eigenvalue weighted by Gasteiger charge is -2.22. The molecule has 2 heterocycles. The van der Waals surface area contributed by atoms with Gasteiger partial charge in [-0.3, -0.25) is 9.55 Å². The summed E-state index contributed by atoms with van der Waals surface area (Å²) in [5, 5.41) is 11.4. The van der Waals surface area contributed by atoms with Crippen molar-refractivity contribution in [2.75, 3.05) is 0 Å². The van der Waals surface area contributed by atoms with Gasteiger partial charge in [-0.05, 0) is 140 Å². The maximum absolute atomic E-state index is 11.4. The van der Waals surface area contributed by atoms with E-state index in [4.69, 9.17) is 27.8 Å². The van der Waals surface area contributed by atoms with Crippen molar-refractivity contribution in [3.8, 4) is 67.5 Å². The Morgan fingerprint density at radius 2 is 1.33 bits per heavy atom. The van der Waals surface area contributed by atoms with E-state index >= 15 is 0 Å². The van der Waals surface area contributed by atoms with Crippen LogP contribution in [-0.4, -0.2) is 19.6 Å². The summed E-state index contributed by atoms with van der Waals surface area (Å²) in [6, 6.07) is 39.1. The fraction of sp³-hybridized carbons (Fsp3) is 0.263. The van der Waals surface area contributed by atoms with Crippen molar-refractivity contribution in [1.82, 2.24) is 14.5 Å². The first-order valence-electron chi connectivity index (χ1n) is 27.1. The molecule has 0 saturated carbocycles. The molecule has 4 heteroatoms. The molecule has 6 aromatic carbocycles. The minimum Gasteiger partial charge on any atom is -0.507 e. The van der Waals surface area contributed by atoms with Crippen LogP contribution in [0.4, 0.5) is 0 Å². The molecule has 0 aliphatic carbocycles. The largest absolute Gasteiger partial charge is 0.507 e. The summed E-state index contributed by atoms with van der Waals surface area (Å²) in [5.41, 5.74) is 6.35. The number of phenolic OH excluding ortho intramolecular Hbond substituents is 1. The molecular formula is C57H59N3O. The maximum Gasteiger partial charge on any atom is 0.149 e. The molecule has 0 saturated heterocycles. The number of rotatable bonds is 8. The van der Waals surface area contributed by atoms with Gasteiger partial charge in [0, 0.05) is 35.1 Å². The minimum absolute atomic E-state index is 0.0467. The van der Waals surface area contributed by atoms with E-state index in [2.05, 4.69) is 46.8 Å².